The highest BCUT2D eigenvalue weighted by Crippen LogP contribution is 2.12. The number of hydrogen-bond acceptors (Lipinski definition) is 5. The van der Waals surface area contributed by atoms with Gasteiger partial charge in [-0.3, -0.25) is 4.79 Å². The third-order valence-electron chi connectivity index (χ3n) is 3.85. The van der Waals surface area contributed by atoms with Crippen LogP contribution in [0.3, 0.4) is 0 Å². The van der Waals surface area contributed by atoms with Gasteiger partial charge in [-0.1, -0.05) is 6.58 Å². The Bertz CT molecular complexity index is 785. The Morgan fingerprint density at radius 3 is 2.95 bits per heavy atom. The fourth-order valence-corrected chi connectivity index (χ4v) is 2.76. The summed E-state index contributed by atoms with van der Waals surface area (Å²) < 4.78 is 1.51. The summed E-state index contributed by atoms with van der Waals surface area (Å²) in [6.07, 6.45) is 4.50. The summed E-state index contributed by atoms with van der Waals surface area (Å²) in [5.74, 6) is -0.0898. The summed E-state index contributed by atoms with van der Waals surface area (Å²) in [6.45, 7) is 7.08. The summed E-state index contributed by atoms with van der Waals surface area (Å²) in [6, 6.07) is 3.65. The first kappa shape index (κ1) is 14.2. The van der Waals surface area contributed by atoms with Crippen molar-refractivity contribution in [3.8, 4) is 0 Å². The molecule has 0 aromatic carbocycles. The molecule has 0 N–H and O–H groups in total. The van der Waals surface area contributed by atoms with Gasteiger partial charge in [0.2, 0.25) is 5.91 Å². The second-order valence-electron chi connectivity index (χ2n) is 5.27. The predicted molar refractivity (Wildman–Crippen MR) is 83.1 cm³/mol. The summed E-state index contributed by atoms with van der Waals surface area (Å²) in [5.41, 5.74) is 0.222. The van der Waals surface area contributed by atoms with Crippen molar-refractivity contribution < 1.29 is 4.79 Å². The Morgan fingerprint density at radius 1 is 1.41 bits per heavy atom. The standard InChI is InChI=1S/C15H17N5O2/c1-3-13(21)18-7-8-19(11(2)10-18)20-14-12(5-4-6-16-14)9-17-15(20)22/h3-6,9,11H,1,7-8,10H2,2H3/t11-/m0/s1. The first-order chi connectivity index (χ1) is 10.6. The van der Waals surface area contributed by atoms with Gasteiger partial charge >= 0.3 is 5.69 Å². The molecule has 1 amide bonds. The van der Waals surface area contributed by atoms with Gasteiger partial charge in [0, 0.05) is 30.9 Å². The summed E-state index contributed by atoms with van der Waals surface area (Å²) in [7, 11) is 0. The first-order valence-electron chi connectivity index (χ1n) is 7.13. The van der Waals surface area contributed by atoms with Crippen LogP contribution < -0.4 is 10.7 Å². The lowest BCUT2D eigenvalue weighted by Gasteiger charge is -2.41. The smallest absolute Gasteiger partial charge is 0.335 e. The second kappa shape index (κ2) is 5.59. The molecule has 1 aliphatic rings. The molecular formula is C15H17N5O2. The predicted octanol–water partition coefficient (Wildman–Crippen LogP) is 0.146. The van der Waals surface area contributed by atoms with Crippen LogP contribution in [0.15, 0.2) is 42.0 Å². The number of rotatable bonds is 2. The van der Waals surface area contributed by atoms with Crippen molar-refractivity contribution in [1.29, 1.82) is 0 Å². The maximum atomic E-state index is 12.2. The maximum Gasteiger partial charge on any atom is 0.368 e. The molecule has 7 heteroatoms. The van der Waals surface area contributed by atoms with Gasteiger partial charge in [0.25, 0.3) is 0 Å². The zero-order valence-corrected chi connectivity index (χ0v) is 12.3. The van der Waals surface area contributed by atoms with E-state index in [0.29, 0.717) is 25.3 Å². The van der Waals surface area contributed by atoms with Crippen molar-refractivity contribution in [2.24, 2.45) is 0 Å². The van der Waals surface area contributed by atoms with E-state index in [1.807, 2.05) is 24.1 Å². The molecule has 0 bridgehead atoms. The number of nitrogens with zero attached hydrogens (tertiary/aromatic N) is 5. The van der Waals surface area contributed by atoms with Crippen LogP contribution in [0.4, 0.5) is 0 Å². The van der Waals surface area contributed by atoms with Crippen molar-refractivity contribution in [2.75, 3.05) is 24.6 Å². The third-order valence-corrected chi connectivity index (χ3v) is 3.85. The number of amides is 1. The van der Waals surface area contributed by atoms with Gasteiger partial charge in [-0.15, -0.1) is 0 Å². The monoisotopic (exact) mass is 299 g/mol. The minimum atomic E-state index is -0.360. The van der Waals surface area contributed by atoms with Crippen molar-refractivity contribution in [2.45, 2.75) is 13.0 Å². The number of carbonyl (C=O) groups excluding carboxylic acids is 1. The fraction of sp³-hybridized carbons (Fsp3) is 0.333. The molecule has 0 radical (unpaired) electrons. The minimum absolute atomic E-state index is 0.0234. The van der Waals surface area contributed by atoms with Crippen LogP contribution in [-0.2, 0) is 4.79 Å². The number of piperazine rings is 1. The van der Waals surface area contributed by atoms with Crippen molar-refractivity contribution in [3.63, 3.8) is 0 Å². The molecular weight excluding hydrogens is 282 g/mol. The van der Waals surface area contributed by atoms with Gasteiger partial charge in [-0.25, -0.2) is 9.78 Å². The Balaban J connectivity index is 1.99. The first-order valence-corrected chi connectivity index (χ1v) is 7.13. The van der Waals surface area contributed by atoms with Crippen LogP contribution in [0.5, 0.6) is 0 Å². The number of aromatic nitrogens is 3. The molecule has 2 aromatic rings. The van der Waals surface area contributed by atoms with Gasteiger partial charge in [0.1, 0.15) is 0 Å². The van der Waals surface area contributed by atoms with Crippen molar-refractivity contribution in [3.05, 3.63) is 47.7 Å². The summed E-state index contributed by atoms with van der Waals surface area (Å²) >= 11 is 0. The molecule has 114 valence electrons. The Hall–Kier alpha value is -2.70. The van der Waals surface area contributed by atoms with Crippen LogP contribution in [0, 0.1) is 0 Å². The Labute approximate surface area is 127 Å². The minimum Gasteiger partial charge on any atom is -0.335 e. The quantitative estimate of drug-likeness (QED) is 0.738. The molecule has 7 nitrogen and oxygen atoms in total. The molecule has 1 atom stereocenters. The van der Waals surface area contributed by atoms with Gasteiger partial charge in [-0.05, 0) is 25.1 Å². The third kappa shape index (κ3) is 2.34. The van der Waals surface area contributed by atoms with E-state index in [4.69, 9.17) is 0 Å². The molecule has 0 aliphatic carbocycles. The van der Waals surface area contributed by atoms with Crippen LogP contribution in [-0.4, -0.2) is 51.1 Å². The lowest BCUT2D eigenvalue weighted by Crippen LogP contribution is -2.60. The summed E-state index contributed by atoms with van der Waals surface area (Å²) in [5, 5.41) is 2.72. The molecule has 0 saturated carbocycles. The van der Waals surface area contributed by atoms with Crippen LogP contribution >= 0.6 is 0 Å². The van der Waals surface area contributed by atoms with Gasteiger partial charge in [0.15, 0.2) is 5.65 Å². The largest absolute Gasteiger partial charge is 0.368 e. The van der Waals surface area contributed by atoms with E-state index in [1.54, 1.807) is 11.1 Å². The van der Waals surface area contributed by atoms with Gasteiger partial charge in [0.05, 0.1) is 12.6 Å². The second-order valence-corrected chi connectivity index (χ2v) is 5.27. The molecule has 0 spiro atoms. The van der Waals surface area contributed by atoms with E-state index in [0.717, 1.165) is 5.39 Å². The number of fused-ring (bicyclic) bond motifs is 1. The summed E-state index contributed by atoms with van der Waals surface area (Å²) in [4.78, 5) is 33.9. The van der Waals surface area contributed by atoms with Crippen molar-refractivity contribution >= 4 is 16.9 Å². The Kier molecular flexibility index (Phi) is 3.62. The molecule has 2 aromatic heterocycles. The molecule has 1 fully saturated rings. The normalized spacial score (nSPS) is 18.5. The van der Waals surface area contributed by atoms with Gasteiger partial charge < -0.3 is 9.91 Å². The maximum absolute atomic E-state index is 12.2. The highest BCUT2D eigenvalue weighted by atomic mass is 16.2. The van der Waals surface area contributed by atoms with E-state index in [2.05, 4.69) is 16.5 Å². The number of carbonyl (C=O) groups is 1. The Morgan fingerprint density at radius 2 is 2.23 bits per heavy atom. The molecule has 0 unspecified atom stereocenters. The highest BCUT2D eigenvalue weighted by molar-refractivity contribution is 5.87. The molecule has 3 rings (SSSR count). The topological polar surface area (TPSA) is 71.3 Å². The zero-order chi connectivity index (χ0) is 15.7. The fourth-order valence-electron chi connectivity index (χ4n) is 2.76. The zero-order valence-electron chi connectivity index (χ0n) is 12.3. The lowest BCUT2D eigenvalue weighted by molar-refractivity contribution is -0.126. The van der Waals surface area contributed by atoms with E-state index in [1.165, 1.54) is 16.9 Å². The van der Waals surface area contributed by atoms with Gasteiger partial charge in [-0.2, -0.15) is 9.66 Å². The molecule has 3 heterocycles. The average Bonchev–Trinajstić information content (AvgIpc) is 2.54. The highest BCUT2D eigenvalue weighted by Gasteiger charge is 2.27. The van der Waals surface area contributed by atoms with Crippen LogP contribution in [0.25, 0.3) is 11.0 Å². The average molecular weight is 299 g/mol. The van der Waals surface area contributed by atoms with Crippen LogP contribution in [0.2, 0.25) is 0 Å². The lowest BCUT2D eigenvalue weighted by atomic mass is 10.2. The van der Waals surface area contributed by atoms with E-state index in [9.17, 15) is 9.59 Å². The molecule has 1 aliphatic heterocycles. The van der Waals surface area contributed by atoms with E-state index < -0.39 is 0 Å². The molecule has 1 saturated heterocycles. The SMILES string of the molecule is C=CC(=O)N1CCN(n2c(=O)ncc3cccnc32)[C@@H](C)C1. The molecule has 22 heavy (non-hydrogen) atoms. The van der Waals surface area contributed by atoms with Crippen molar-refractivity contribution in [1.82, 2.24) is 19.5 Å². The van der Waals surface area contributed by atoms with E-state index in [-0.39, 0.29) is 17.6 Å². The number of hydrogen-bond donors (Lipinski definition) is 0. The number of pyridine rings is 1. The van der Waals surface area contributed by atoms with E-state index >= 15 is 0 Å². The van der Waals surface area contributed by atoms with Crippen LogP contribution in [0.1, 0.15) is 6.92 Å².